The molecule has 4 N–H and O–H groups in total. The van der Waals surface area contributed by atoms with Gasteiger partial charge in [-0.3, -0.25) is 4.98 Å². The first-order valence-corrected chi connectivity index (χ1v) is 8.12. The van der Waals surface area contributed by atoms with E-state index in [0.717, 1.165) is 19.0 Å². The van der Waals surface area contributed by atoms with Crippen LogP contribution in [0.2, 0.25) is 0 Å². The number of fused-ring (bicyclic) bond motifs is 1. The summed E-state index contributed by atoms with van der Waals surface area (Å²) in [5, 5.41) is 21.2. The lowest BCUT2D eigenvalue weighted by molar-refractivity contribution is -0.0306. The molecule has 0 radical (unpaired) electrons. The molecule has 0 unspecified atom stereocenters. The number of hydrogen-bond donors (Lipinski definition) is 3. The Balaban J connectivity index is 1.96. The van der Waals surface area contributed by atoms with Crippen LogP contribution in [0.1, 0.15) is 37.4 Å². The van der Waals surface area contributed by atoms with Gasteiger partial charge in [0.25, 0.3) is 0 Å². The van der Waals surface area contributed by atoms with Crippen LogP contribution in [0.5, 0.6) is 5.88 Å². The minimum atomic E-state index is -1.38. The Morgan fingerprint density at radius 2 is 1.96 bits per heavy atom. The van der Waals surface area contributed by atoms with E-state index in [-0.39, 0.29) is 23.0 Å². The monoisotopic (exact) mass is 335 g/mol. The third-order valence-electron chi connectivity index (χ3n) is 4.81. The third kappa shape index (κ3) is 3.19. The number of pyridine rings is 2. The molecule has 7 heteroatoms. The number of methoxy groups -OCH3 is 1. The Kier molecular flexibility index (Phi) is 4.93. The molecule has 0 saturated heterocycles. The molecule has 130 valence electrons. The van der Waals surface area contributed by atoms with Crippen molar-refractivity contribution in [3.8, 4) is 5.88 Å². The van der Waals surface area contributed by atoms with E-state index in [1.807, 2.05) is 0 Å². The van der Waals surface area contributed by atoms with Crippen molar-refractivity contribution in [3.05, 3.63) is 29.7 Å². The van der Waals surface area contributed by atoms with Gasteiger partial charge in [0.05, 0.1) is 24.9 Å². The fourth-order valence-electron chi connectivity index (χ4n) is 3.36. The van der Waals surface area contributed by atoms with Gasteiger partial charge in [-0.1, -0.05) is 0 Å². The van der Waals surface area contributed by atoms with Crippen LogP contribution in [0, 0.1) is 11.7 Å². The Morgan fingerprint density at radius 1 is 1.25 bits per heavy atom. The lowest BCUT2D eigenvalue weighted by Crippen LogP contribution is -2.35. The van der Waals surface area contributed by atoms with Crippen molar-refractivity contribution in [1.82, 2.24) is 9.97 Å². The van der Waals surface area contributed by atoms with Gasteiger partial charge < -0.3 is 20.7 Å². The van der Waals surface area contributed by atoms with Crippen LogP contribution < -0.4 is 10.5 Å². The molecule has 24 heavy (non-hydrogen) atoms. The van der Waals surface area contributed by atoms with Crippen molar-refractivity contribution in [3.63, 3.8) is 0 Å². The molecule has 0 aliphatic heterocycles. The molecular weight excluding hydrogens is 313 g/mol. The highest BCUT2D eigenvalue weighted by atomic mass is 19.1. The number of aliphatic hydroxyl groups excluding tert-OH is 2. The molecule has 1 saturated carbocycles. The van der Waals surface area contributed by atoms with Gasteiger partial charge in [0.2, 0.25) is 5.88 Å². The van der Waals surface area contributed by atoms with Crippen LogP contribution in [-0.2, 0) is 0 Å². The molecule has 1 fully saturated rings. The molecule has 0 spiro atoms. The van der Waals surface area contributed by atoms with Crippen LogP contribution in [0.3, 0.4) is 0 Å². The van der Waals surface area contributed by atoms with Gasteiger partial charge in [-0.05, 0) is 37.7 Å². The third-order valence-corrected chi connectivity index (χ3v) is 4.81. The lowest BCUT2D eigenvalue weighted by Gasteiger charge is -2.32. The van der Waals surface area contributed by atoms with Gasteiger partial charge in [-0.2, -0.15) is 0 Å². The zero-order valence-electron chi connectivity index (χ0n) is 13.5. The fourth-order valence-corrected chi connectivity index (χ4v) is 3.36. The maximum Gasteiger partial charge on any atom is 0.213 e. The molecule has 1 aliphatic carbocycles. The fraction of sp³-hybridized carbons (Fsp3) is 0.529. The molecule has 0 bridgehead atoms. The number of aliphatic hydroxyl groups is 2. The zero-order valence-corrected chi connectivity index (χ0v) is 13.5. The van der Waals surface area contributed by atoms with Gasteiger partial charge in [0.1, 0.15) is 17.4 Å². The summed E-state index contributed by atoms with van der Waals surface area (Å²) >= 11 is 0. The summed E-state index contributed by atoms with van der Waals surface area (Å²) in [6, 6.07) is 3.39. The minimum absolute atomic E-state index is 0.0405. The number of nitrogens with zero attached hydrogens (tertiary/aromatic N) is 2. The molecule has 0 aromatic carbocycles. The molecule has 6 nitrogen and oxygen atoms in total. The van der Waals surface area contributed by atoms with Crippen LogP contribution >= 0.6 is 0 Å². The molecule has 0 amide bonds. The van der Waals surface area contributed by atoms with E-state index in [2.05, 4.69) is 9.97 Å². The number of halogens is 1. The molecule has 2 aromatic rings. The largest absolute Gasteiger partial charge is 0.481 e. The molecule has 1 aliphatic rings. The highest BCUT2D eigenvalue weighted by Gasteiger charge is 2.33. The topological polar surface area (TPSA) is 101 Å². The average Bonchev–Trinajstić information content (AvgIpc) is 2.60. The molecule has 2 aromatic heterocycles. The standard InChI is InChI=1S/C17H22FN3O3/c1-24-13-7-6-12-15(21-13)14(11(18)8-20-12)17(23)16(22)9-2-4-10(19)5-3-9/h6-10,16-17,22-23H,2-5,19H2,1H3/t9?,10?,16-,17-/m1/s1. The van der Waals surface area contributed by atoms with E-state index < -0.39 is 18.0 Å². The second-order valence-corrected chi connectivity index (χ2v) is 6.35. The first-order valence-electron chi connectivity index (χ1n) is 8.12. The summed E-state index contributed by atoms with van der Waals surface area (Å²) in [6.45, 7) is 0. The van der Waals surface area contributed by atoms with Gasteiger partial charge in [0.15, 0.2) is 0 Å². The number of nitrogens with two attached hydrogens (primary N) is 1. The van der Waals surface area contributed by atoms with Crippen molar-refractivity contribution in [2.75, 3.05) is 7.11 Å². The van der Waals surface area contributed by atoms with E-state index >= 15 is 0 Å². The first-order chi connectivity index (χ1) is 11.5. The normalized spacial score (nSPS) is 23.9. The van der Waals surface area contributed by atoms with Crippen molar-refractivity contribution < 1.29 is 19.3 Å². The Labute approximate surface area is 139 Å². The summed E-state index contributed by atoms with van der Waals surface area (Å²) in [4.78, 5) is 8.18. The summed E-state index contributed by atoms with van der Waals surface area (Å²) < 4.78 is 19.4. The number of rotatable bonds is 4. The van der Waals surface area contributed by atoms with E-state index in [1.165, 1.54) is 7.11 Å². The lowest BCUT2D eigenvalue weighted by atomic mass is 9.80. The van der Waals surface area contributed by atoms with Crippen molar-refractivity contribution >= 4 is 11.0 Å². The summed E-state index contributed by atoms with van der Waals surface area (Å²) in [7, 11) is 1.46. The van der Waals surface area contributed by atoms with Crippen molar-refractivity contribution in [2.24, 2.45) is 11.7 Å². The average molecular weight is 335 g/mol. The number of ether oxygens (including phenoxy) is 1. The van der Waals surface area contributed by atoms with Crippen molar-refractivity contribution in [1.29, 1.82) is 0 Å². The second kappa shape index (κ2) is 6.96. The van der Waals surface area contributed by atoms with Crippen LogP contribution in [0.15, 0.2) is 18.3 Å². The van der Waals surface area contributed by atoms with Gasteiger partial charge in [-0.15, -0.1) is 0 Å². The SMILES string of the molecule is COc1ccc2ncc(F)c([C@@H](O)[C@H](O)C3CCC(N)CC3)c2n1. The first kappa shape index (κ1) is 17.0. The smallest absolute Gasteiger partial charge is 0.213 e. The zero-order chi connectivity index (χ0) is 17.3. The second-order valence-electron chi connectivity index (χ2n) is 6.35. The molecular formula is C17H22FN3O3. The summed E-state index contributed by atoms with van der Waals surface area (Å²) in [5.41, 5.74) is 6.47. The van der Waals surface area contributed by atoms with Crippen LogP contribution in [-0.4, -0.2) is 39.4 Å². The van der Waals surface area contributed by atoms with E-state index in [4.69, 9.17) is 10.5 Å². The minimum Gasteiger partial charge on any atom is -0.481 e. The molecule has 2 atom stereocenters. The highest BCUT2D eigenvalue weighted by Crippen LogP contribution is 2.35. The van der Waals surface area contributed by atoms with Gasteiger partial charge in [-0.25, -0.2) is 9.37 Å². The van der Waals surface area contributed by atoms with Gasteiger partial charge >= 0.3 is 0 Å². The van der Waals surface area contributed by atoms with E-state index in [0.29, 0.717) is 24.2 Å². The highest BCUT2D eigenvalue weighted by molar-refractivity contribution is 5.78. The predicted octanol–water partition coefficient (Wildman–Crippen LogP) is 1.69. The van der Waals surface area contributed by atoms with E-state index in [9.17, 15) is 14.6 Å². The summed E-state index contributed by atoms with van der Waals surface area (Å²) in [5.74, 6) is -0.517. The maximum atomic E-state index is 14.4. The number of hydrogen-bond acceptors (Lipinski definition) is 6. The predicted molar refractivity (Wildman–Crippen MR) is 86.9 cm³/mol. The Hall–Kier alpha value is -1.83. The maximum absolute atomic E-state index is 14.4. The van der Waals surface area contributed by atoms with Crippen LogP contribution in [0.25, 0.3) is 11.0 Å². The van der Waals surface area contributed by atoms with Crippen LogP contribution in [0.4, 0.5) is 4.39 Å². The Bertz CT molecular complexity index is 720. The Morgan fingerprint density at radius 3 is 2.62 bits per heavy atom. The van der Waals surface area contributed by atoms with E-state index in [1.54, 1.807) is 12.1 Å². The summed E-state index contributed by atoms with van der Waals surface area (Å²) in [6.07, 6.45) is 1.58. The molecule has 3 rings (SSSR count). The quantitative estimate of drug-likeness (QED) is 0.786. The molecule has 2 heterocycles. The van der Waals surface area contributed by atoms with Gasteiger partial charge in [0, 0.05) is 17.7 Å². The number of aromatic nitrogens is 2. The van der Waals surface area contributed by atoms with Crippen molar-refractivity contribution in [2.45, 2.75) is 43.9 Å².